The molecule has 1 N–H and O–H groups in total. The van der Waals surface area contributed by atoms with Gasteiger partial charge in [-0.25, -0.2) is 0 Å². The molecule has 4 rings (SSSR count). The maximum atomic E-state index is 12.8. The summed E-state index contributed by atoms with van der Waals surface area (Å²) in [6.07, 6.45) is 3.58. The third-order valence-corrected chi connectivity index (χ3v) is 4.83. The number of hydrogen-bond donors (Lipinski definition) is 1. The van der Waals surface area contributed by atoms with Gasteiger partial charge in [0.15, 0.2) is 0 Å². The molecular weight excluding hydrogens is 359 g/mol. The van der Waals surface area contributed by atoms with E-state index in [0.717, 1.165) is 30.5 Å². The van der Waals surface area contributed by atoms with Gasteiger partial charge in [0.05, 0.1) is 5.52 Å². The Morgan fingerprint density at radius 1 is 1.12 bits per heavy atom. The Morgan fingerprint density at radius 2 is 1.88 bits per heavy atom. The third-order valence-electron chi connectivity index (χ3n) is 4.39. The predicted molar refractivity (Wildman–Crippen MR) is 101 cm³/mol. The Morgan fingerprint density at radius 3 is 2.64 bits per heavy atom. The standard InChI is InChI=1S/C19H14Cl2N2O2/c20-12-7-13(21)9-14(8-12)22-19(25)16-10-23-6-2-4-11-3-1-5-15(17(11)23)18(16)24/h1,3,5,7-10H,2,4,6H2,(H,22,25). The van der Waals surface area contributed by atoms with E-state index in [2.05, 4.69) is 5.32 Å². The number of anilines is 1. The number of aromatic nitrogens is 1. The minimum Gasteiger partial charge on any atom is -0.346 e. The smallest absolute Gasteiger partial charge is 0.261 e. The minimum absolute atomic E-state index is 0.114. The van der Waals surface area contributed by atoms with E-state index in [1.807, 2.05) is 16.7 Å². The number of nitrogens with one attached hydrogen (secondary N) is 1. The van der Waals surface area contributed by atoms with Gasteiger partial charge in [0.25, 0.3) is 5.91 Å². The van der Waals surface area contributed by atoms with Crippen molar-refractivity contribution in [2.75, 3.05) is 5.32 Å². The highest BCUT2D eigenvalue weighted by Crippen LogP contribution is 2.25. The molecule has 0 spiro atoms. The van der Waals surface area contributed by atoms with Crippen LogP contribution in [0.25, 0.3) is 10.9 Å². The van der Waals surface area contributed by atoms with Crippen molar-refractivity contribution in [2.24, 2.45) is 0 Å². The first kappa shape index (κ1) is 16.2. The first-order chi connectivity index (χ1) is 12.0. The lowest BCUT2D eigenvalue weighted by atomic mass is 10.00. The minimum atomic E-state index is -0.468. The van der Waals surface area contributed by atoms with E-state index in [1.54, 1.807) is 30.5 Å². The quantitative estimate of drug-likeness (QED) is 0.719. The first-order valence-electron chi connectivity index (χ1n) is 7.95. The molecule has 1 aliphatic heterocycles. The number of pyridine rings is 1. The van der Waals surface area contributed by atoms with Crippen molar-refractivity contribution in [3.63, 3.8) is 0 Å². The Kier molecular flexibility index (Phi) is 4.02. The van der Waals surface area contributed by atoms with E-state index < -0.39 is 5.91 Å². The summed E-state index contributed by atoms with van der Waals surface area (Å²) in [6.45, 7) is 0.789. The fourth-order valence-electron chi connectivity index (χ4n) is 3.34. The lowest BCUT2D eigenvalue weighted by Gasteiger charge is -2.20. The number of benzene rings is 2. The topological polar surface area (TPSA) is 51.1 Å². The van der Waals surface area contributed by atoms with Crippen LogP contribution in [0.15, 0.2) is 47.4 Å². The monoisotopic (exact) mass is 372 g/mol. The van der Waals surface area contributed by atoms with Crippen LogP contribution in [0.4, 0.5) is 5.69 Å². The molecule has 0 saturated carbocycles. The molecule has 4 nitrogen and oxygen atoms in total. The van der Waals surface area contributed by atoms with Crippen molar-refractivity contribution in [1.82, 2.24) is 4.57 Å². The Hall–Kier alpha value is -2.30. The molecule has 2 heterocycles. The zero-order valence-electron chi connectivity index (χ0n) is 13.2. The van der Waals surface area contributed by atoms with Crippen molar-refractivity contribution in [1.29, 1.82) is 0 Å². The van der Waals surface area contributed by atoms with E-state index in [9.17, 15) is 9.59 Å². The van der Waals surface area contributed by atoms with Gasteiger partial charge < -0.3 is 9.88 Å². The Labute approximate surface area is 154 Å². The van der Waals surface area contributed by atoms with Crippen LogP contribution in [0.3, 0.4) is 0 Å². The molecule has 3 aromatic rings. The van der Waals surface area contributed by atoms with Gasteiger partial charge in [-0.3, -0.25) is 9.59 Å². The zero-order chi connectivity index (χ0) is 17.6. The number of nitrogens with zero attached hydrogens (tertiary/aromatic N) is 1. The van der Waals surface area contributed by atoms with Crippen molar-refractivity contribution < 1.29 is 4.79 Å². The van der Waals surface area contributed by atoms with Crippen molar-refractivity contribution in [3.05, 3.63) is 74.0 Å². The molecule has 0 bridgehead atoms. The zero-order valence-corrected chi connectivity index (χ0v) is 14.7. The van der Waals surface area contributed by atoms with E-state index in [0.29, 0.717) is 21.1 Å². The van der Waals surface area contributed by atoms with Gasteiger partial charge in [-0.1, -0.05) is 35.3 Å². The van der Waals surface area contributed by atoms with Crippen molar-refractivity contribution in [3.8, 4) is 0 Å². The highest BCUT2D eigenvalue weighted by molar-refractivity contribution is 6.35. The molecule has 6 heteroatoms. The molecular formula is C19H14Cl2N2O2. The number of halogens is 2. The fraction of sp³-hybridized carbons (Fsp3) is 0.158. The van der Waals surface area contributed by atoms with Crippen molar-refractivity contribution >= 4 is 45.7 Å². The van der Waals surface area contributed by atoms with E-state index in [-0.39, 0.29) is 11.0 Å². The SMILES string of the molecule is O=C(Nc1cc(Cl)cc(Cl)c1)c1cn2c3c(cccc3c1=O)CCC2. The summed E-state index contributed by atoms with van der Waals surface area (Å²) >= 11 is 11.9. The van der Waals surface area contributed by atoms with E-state index >= 15 is 0 Å². The number of para-hydroxylation sites is 1. The van der Waals surface area contributed by atoms with Crippen LogP contribution >= 0.6 is 23.2 Å². The second-order valence-electron chi connectivity index (χ2n) is 6.09. The number of aryl methyl sites for hydroxylation is 2. The molecule has 0 aliphatic carbocycles. The number of carbonyl (C=O) groups is 1. The van der Waals surface area contributed by atoms with Gasteiger partial charge in [-0.05, 0) is 42.7 Å². The first-order valence-corrected chi connectivity index (χ1v) is 8.71. The predicted octanol–water partition coefficient (Wildman–Crippen LogP) is 4.51. The van der Waals surface area contributed by atoms with Gasteiger partial charge in [-0.2, -0.15) is 0 Å². The number of amides is 1. The van der Waals surface area contributed by atoms with Crippen molar-refractivity contribution in [2.45, 2.75) is 19.4 Å². The fourth-order valence-corrected chi connectivity index (χ4v) is 3.87. The highest BCUT2D eigenvalue weighted by Gasteiger charge is 2.19. The molecule has 0 fully saturated rings. The molecule has 0 atom stereocenters. The summed E-state index contributed by atoms with van der Waals surface area (Å²) in [6, 6.07) is 10.4. The largest absolute Gasteiger partial charge is 0.346 e. The average molecular weight is 373 g/mol. The summed E-state index contributed by atoms with van der Waals surface area (Å²) in [5.41, 5.74) is 2.38. The maximum Gasteiger partial charge on any atom is 0.261 e. The molecule has 1 amide bonds. The Balaban J connectivity index is 1.80. The summed E-state index contributed by atoms with van der Waals surface area (Å²) in [7, 11) is 0. The van der Waals surface area contributed by atoms with Crippen LogP contribution in [0.2, 0.25) is 10.0 Å². The average Bonchev–Trinajstić information content (AvgIpc) is 2.57. The number of hydrogen-bond acceptors (Lipinski definition) is 2. The van der Waals surface area contributed by atoms with Gasteiger partial charge in [0.2, 0.25) is 5.43 Å². The normalized spacial score (nSPS) is 13.0. The Bertz CT molecular complexity index is 1050. The van der Waals surface area contributed by atoms with Crippen LogP contribution in [-0.2, 0) is 13.0 Å². The highest BCUT2D eigenvalue weighted by atomic mass is 35.5. The summed E-state index contributed by atoms with van der Waals surface area (Å²) in [4.78, 5) is 25.5. The second-order valence-corrected chi connectivity index (χ2v) is 6.97. The molecule has 126 valence electrons. The van der Waals surface area contributed by atoms with E-state index in [1.165, 1.54) is 0 Å². The lowest BCUT2D eigenvalue weighted by Crippen LogP contribution is -2.25. The third kappa shape index (κ3) is 2.92. The maximum absolute atomic E-state index is 12.8. The van der Waals surface area contributed by atoms with Gasteiger partial charge in [0.1, 0.15) is 5.56 Å². The molecule has 0 unspecified atom stereocenters. The van der Waals surface area contributed by atoms with Crippen LogP contribution in [0.1, 0.15) is 22.3 Å². The van der Waals surface area contributed by atoms with Crippen LogP contribution in [-0.4, -0.2) is 10.5 Å². The molecule has 2 aromatic carbocycles. The molecule has 1 aromatic heterocycles. The summed E-state index contributed by atoms with van der Waals surface area (Å²) in [5.74, 6) is -0.468. The van der Waals surface area contributed by atoms with Crippen LogP contribution in [0, 0.1) is 0 Å². The summed E-state index contributed by atoms with van der Waals surface area (Å²) < 4.78 is 2.00. The number of rotatable bonds is 2. The molecule has 0 saturated heterocycles. The second kappa shape index (κ2) is 6.21. The molecule has 25 heavy (non-hydrogen) atoms. The van der Waals surface area contributed by atoms with Gasteiger partial charge in [0, 0.05) is 33.9 Å². The lowest BCUT2D eigenvalue weighted by molar-refractivity contribution is 0.102. The summed E-state index contributed by atoms with van der Waals surface area (Å²) in [5, 5.41) is 4.12. The number of carbonyl (C=O) groups excluding carboxylic acids is 1. The molecule has 1 aliphatic rings. The van der Waals surface area contributed by atoms with Crippen LogP contribution in [0.5, 0.6) is 0 Å². The van der Waals surface area contributed by atoms with Gasteiger partial charge in [-0.15, -0.1) is 0 Å². The van der Waals surface area contributed by atoms with Crippen LogP contribution < -0.4 is 10.7 Å². The van der Waals surface area contributed by atoms with Gasteiger partial charge >= 0.3 is 0 Å². The molecule has 0 radical (unpaired) electrons. The van der Waals surface area contributed by atoms with E-state index in [4.69, 9.17) is 23.2 Å².